The second-order valence-corrected chi connectivity index (χ2v) is 4.02. The summed E-state index contributed by atoms with van der Waals surface area (Å²) in [6.07, 6.45) is -4.56. The highest BCUT2D eigenvalue weighted by Crippen LogP contribution is 2.24. The Kier molecular flexibility index (Phi) is 4.21. The molecule has 0 aromatic heterocycles. The summed E-state index contributed by atoms with van der Waals surface area (Å²) in [6, 6.07) is -0.963. The Hall–Kier alpha value is -1.02. The lowest BCUT2D eigenvalue weighted by atomic mass is 9.97. The van der Waals surface area contributed by atoms with Crippen LogP contribution >= 0.6 is 0 Å². The van der Waals surface area contributed by atoms with E-state index < -0.39 is 30.5 Å². The van der Waals surface area contributed by atoms with E-state index in [0.29, 0.717) is 13.0 Å². The number of nitrogens with one attached hydrogen (secondary N) is 2. The largest absolute Gasteiger partial charge is 0.405 e. The van der Waals surface area contributed by atoms with Crippen LogP contribution in [0.15, 0.2) is 0 Å². The molecule has 5 nitrogen and oxygen atoms in total. The number of aliphatic hydroxyl groups is 1. The second kappa shape index (κ2) is 5.09. The summed E-state index contributed by atoms with van der Waals surface area (Å²) in [5.74, 6) is 0. The number of urea groups is 1. The molecule has 0 bridgehead atoms. The monoisotopic (exact) mass is 256 g/mol. The summed E-state index contributed by atoms with van der Waals surface area (Å²) < 4.78 is 40.5. The first-order valence-corrected chi connectivity index (χ1v) is 5.15. The van der Waals surface area contributed by atoms with Crippen molar-refractivity contribution in [1.82, 2.24) is 10.6 Å². The van der Waals surface area contributed by atoms with Gasteiger partial charge in [0.15, 0.2) is 0 Å². The minimum atomic E-state index is -4.45. The maximum Gasteiger partial charge on any atom is 0.405 e. The molecule has 17 heavy (non-hydrogen) atoms. The smallest absolute Gasteiger partial charge is 0.385 e. The normalized spacial score (nSPS) is 29.1. The van der Waals surface area contributed by atoms with E-state index >= 15 is 0 Å². The van der Waals surface area contributed by atoms with Gasteiger partial charge in [-0.3, -0.25) is 0 Å². The fourth-order valence-electron chi connectivity index (χ4n) is 1.48. The molecule has 1 fully saturated rings. The van der Waals surface area contributed by atoms with E-state index in [0.717, 1.165) is 0 Å². The number of hydrogen-bond donors (Lipinski definition) is 3. The van der Waals surface area contributed by atoms with Crippen LogP contribution in [0.25, 0.3) is 0 Å². The standard InChI is InChI=1S/C9H15F3N2O3/c1-6-8(16,2-3-17-6)4-13-7(15)14-5-9(10,11)12/h6,16H,2-5H2,1H3,(H2,13,14,15). The number of alkyl halides is 3. The zero-order valence-corrected chi connectivity index (χ0v) is 9.30. The van der Waals surface area contributed by atoms with Crippen molar-refractivity contribution in [3.8, 4) is 0 Å². The average molecular weight is 256 g/mol. The van der Waals surface area contributed by atoms with Gasteiger partial charge >= 0.3 is 12.2 Å². The average Bonchev–Trinajstić information content (AvgIpc) is 2.53. The number of halogens is 3. The highest BCUT2D eigenvalue weighted by molar-refractivity contribution is 5.73. The van der Waals surface area contributed by atoms with Gasteiger partial charge in [0.1, 0.15) is 12.1 Å². The summed E-state index contributed by atoms with van der Waals surface area (Å²) in [7, 11) is 0. The van der Waals surface area contributed by atoms with Crippen LogP contribution in [0.5, 0.6) is 0 Å². The third-order valence-electron chi connectivity index (χ3n) is 2.66. The Morgan fingerprint density at radius 1 is 1.53 bits per heavy atom. The maximum absolute atomic E-state index is 11.8. The predicted octanol–water partition coefficient (Wildman–Crippen LogP) is 0.388. The first-order valence-electron chi connectivity index (χ1n) is 5.15. The number of carbonyl (C=O) groups is 1. The van der Waals surface area contributed by atoms with E-state index in [1.54, 1.807) is 12.2 Å². The Labute approximate surface area is 96.3 Å². The maximum atomic E-state index is 11.8. The van der Waals surface area contributed by atoms with Gasteiger partial charge < -0.3 is 20.5 Å². The minimum Gasteiger partial charge on any atom is -0.385 e. The molecule has 0 spiro atoms. The highest BCUT2D eigenvalue weighted by atomic mass is 19.4. The molecule has 1 heterocycles. The molecule has 2 unspecified atom stereocenters. The van der Waals surface area contributed by atoms with Crippen molar-refractivity contribution >= 4 is 6.03 Å². The zero-order chi connectivity index (χ0) is 13.1. The first-order chi connectivity index (χ1) is 7.73. The van der Waals surface area contributed by atoms with Crippen LogP contribution in [0.3, 0.4) is 0 Å². The van der Waals surface area contributed by atoms with Crippen LogP contribution in [0.2, 0.25) is 0 Å². The molecule has 1 saturated heterocycles. The first kappa shape index (κ1) is 14.0. The Balaban J connectivity index is 2.28. The van der Waals surface area contributed by atoms with Gasteiger partial charge in [0.2, 0.25) is 0 Å². The molecule has 0 saturated carbocycles. The molecule has 0 aromatic rings. The van der Waals surface area contributed by atoms with Crippen molar-refractivity contribution in [1.29, 1.82) is 0 Å². The summed E-state index contributed by atoms with van der Waals surface area (Å²) in [6.45, 7) is 0.465. The number of hydrogen-bond acceptors (Lipinski definition) is 3. The Bertz CT molecular complexity index is 285. The molecule has 0 radical (unpaired) electrons. The van der Waals surface area contributed by atoms with E-state index in [1.165, 1.54) is 0 Å². The fourth-order valence-corrected chi connectivity index (χ4v) is 1.48. The predicted molar refractivity (Wildman–Crippen MR) is 52.4 cm³/mol. The van der Waals surface area contributed by atoms with Gasteiger partial charge in [-0.1, -0.05) is 0 Å². The third kappa shape index (κ3) is 4.39. The summed E-state index contributed by atoms with van der Waals surface area (Å²) in [5, 5.41) is 13.8. The number of amides is 2. The molecule has 8 heteroatoms. The quantitative estimate of drug-likeness (QED) is 0.684. The number of carbonyl (C=O) groups excluding carboxylic acids is 1. The van der Waals surface area contributed by atoms with Crippen molar-refractivity contribution in [3.05, 3.63) is 0 Å². The van der Waals surface area contributed by atoms with E-state index in [1.807, 2.05) is 0 Å². The van der Waals surface area contributed by atoms with Crippen LogP contribution in [-0.4, -0.2) is 48.7 Å². The molecule has 0 aliphatic carbocycles. The molecule has 2 amide bonds. The highest BCUT2D eigenvalue weighted by Gasteiger charge is 2.39. The molecule has 0 aromatic carbocycles. The van der Waals surface area contributed by atoms with Crippen molar-refractivity contribution in [2.75, 3.05) is 19.7 Å². The Morgan fingerprint density at radius 2 is 2.18 bits per heavy atom. The lowest BCUT2D eigenvalue weighted by molar-refractivity contribution is -0.122. The van der Waals surface area contributed by atoms with Crippen LogP contribution < -0.4 is 10.6 Å². The van der Waals surface area contributed by atoms with Crippen LogP contribution in [0.4, 0.5) is 18.0 Å². The third-order valence-corrected chi connectivity index (χ3v) is 2.66. The van der Waals surface area contributed by atoms with Gasteiger partial charge in [-0.15, -0.1) is 0 Å². The topological polar surface area (TPSA) is 70.6 Å². The van der Waals surface area contributed by atoms with Gasteiger partial charge in [-0.05, 0) is 6.92 Å². The van der Waals surface area contributed by atoms with E-state index in [2.05, 4.69) is 5.32 Å². The summed E-state index contributed by atoms with van der Waals surface area (Å²) in [4.78, 5) is 11.0. The van der Waals surface area contributed by atoms with Gasteiger partial charge in [0.25, 0.3) is 0 Å². The number of rotatable bonds is 3. The van der Waals surface area contributed by atoms with Crippen molar-refractivity contribution in [2.45, 2.75) is 31.2 Å². The van der Waals surface area contributed by atoms with E-state index in [9.17, 15) is 23.1 Å². The molecular formula is C9H15F3N2O3. The number of ether oxygens (including phenoxy) is 1. The molecule has 1 aliphatic heterocycles. The van der Waals surface area contributed by atoms with Gasteiger partial charge in [0.05, 0.1) is 12.6 Å². The van der Waals surface area contributed by atoms with Crippen molar-refractivity contribution in [3.63, 3.8) is 0 Å². The molecule has 1 aliphatic rings. The zero-order valence-electron chi connectivity index (χ0n) is 9.30. The van der Waals surface area contributed by atoms with Gasteiger partial charge in [-0.25, -0.2) is 4.79 Å². The molecule has 1 rings (SSSR count). The van der Waals surface area contributed by atoms with Crippen LogP contribution in [-0.2, 0) is 4.74 Å². The van der Waals surface area contributed by atoms with E-state index in [4.69, 9.17) is 4.74 Å². The SMILES string of the molecule is CC1OCCC1(O)CNC(=O)NCC(F)(F)F. The minimum absolute atomic E-state index is 0.141. The molecular weight excluding hydrogens is 241 g/mol. The molecule has 3 N–H and O–H groups in total. The fraction of sp³-hybridized carbons (Fsp3) is 0.889. The van der Waals surface area contributed by atoms with Crippen molar-refractivity contribution in [2.24, 2.45) is 0 Å². The van der Waals surface area contributed by atoms with Crippen molar-refractivity contribution < 1.29 is 27.8 Å². The van der Waals surface area contributed by atoms with Crippen LogP contribution in [0.1, 0.15) is 13.3 Å². The van der Waals surface area contributed by atoms with Gasteiger partial charge in [0, 0.05) is 13.0 Å². The van der Waals surface area contributed by atoms with Gasteiger partial charge in [-0.2, -0.15) is 13.2 Å². The molecule has 2 atom stereocenters. The summed E-state index contributed by atoms with van der Waals surface area (Å²) in [5.41, 5.74) is -1.21. The lowest BCUT2D eigenvalue weighted by Crippen LogP contribution is -2.50. The van der Waals surface area contributed by atoms with E-state index in [-0.39, 0.29) is 6.54 Å². The Morgan fingerprint density at radius 3 is 2.65 bits per heavy atom. The molecule has 100 valence electrons. The summed E-state index contributed by atoms with van der Waals surface area (Å²) >= 11 is 0. The second-order valence-electron chi connectivity index (χ2n) is 4.02. The lowest BCUT2D eigenvalue weighted by Gasteiger charge is -2.26. The van der Waals surface area contributed by atoms with Crippen LogP contribution in [0, 0.1) is 0 Å².